The van der Waals surface area contributed by atoms with E-state index >= 15 is 0 Å². The lowest BCUT2D eigenvalue weighted by Gasteiger charge is -2.17. The van der Waals surface area contributed by atoms with Gasteiger partial charge < -0.3 is 10.7 Å². The molecule has 4 heteroatoms. The molecule has 4 N–H and O–H groups in total. The summed E-state index contributed by atoms with van der Waals surface area (Å²) in [6.07, 6.45) is 9.83. The van der Waals surface area contributed by atoms with E-state index in [0.717, 1.165) is 5.69 Å². The number of nitrogens with two attached hydrogens (primary N) is 1. The van der Waals surface area contributed by atoms with E-state index in [4.69, 9.17) is 5.84 Å². The summed E-state index contributed by atoms with van der Waals surface area (Å²) in [4.78, 5) is 4.19. The number of hydrazine groups is 1. The molecule has 1 saturated carbocycles. The van der Waals surface area contributed by atoms with Crippen molar-refractivity contribution in [2.45, 2.75) is 44.6 Å². The predicted octanol–water partition coefficient (Wildman–Crippen LogP) is 2.50. The molecule has 0 spiro atoms. The van der Waals surface area contributed by atoms with Crippen molar-refractivity contribution in [3.63, 3.8) is 0 Å². The molecule has 16 heavy (non-hydrogen) atoms. The summed E-state index contributed by atoms with van der Waals surface area (Å²) in [6.45, 7) is 0. The van der Waals surface area contributed by atoms with E-state index in [1.54, 1.807) is 0 Å². The van der Waals surface area contributed by atoms with Gasteiger partial charge in [0.25, 0.3) is 0 Å². The average Bonchev–Trinajstić information content (AvgIpc) is 2.59. The van der Waals surface area contributed by atoms with E-state index in [9.17, 15) is 0 Å². The third-order valence-electron chi connectivity index (χ3n) is 3.14. The molecule has 1 aliphatic carbocycles. The summed E-state index contributed by atoms with van der Waals surface area (Å²) >= 11 is 0. The second-order valence-corrected chi connectivity index (χ2v) is 4.41. The lowest BCUT2D eigenvalue weighted by atomic mass is 10.1. The largest absolute Gasteiger partial charge is 0.381 e. The van der Waals surface area contributed by atoms with Crippen molar-refractivity contribution in [2.24, 2.45) is 5.84 Å². The van der Waals surface area contributed by atoms with Gasteiger partial charge in [0.05, 0.1) is 11.9 Å². The first-order valence-corrected chi connectivity index (χ1v) is 6.08. The SMILES string of the molecule is NNc1ccc(NC2CCCCCC2)cn1. The van der Waals surface area contributed by atoms with Gasteiger partial charge in [0, 0.05) is 6.04 Å². The molecule has 88 valence electrons. The zero-order valence-corrected chi connectivity index (χ0v) is 9.58. The lowest BCUT2D eigenvalue weighted by molar-refractivity contribution is 0.620. The number of pyridine rings is 1. The molecule has 2 rings (SSSR count). The molecule has 4 nitrogen and oxygen atoms in total. The maximum absolute atomic E-state index is 5.27. The summed E-state index contributed by atoms with van der Waals surface area (Å²) in [6, 6.07) is 4.52. The van der Waals surface area contributed by atoms with E-state index in [-0.39, 0.29) is 0 Å². The molecule has 0 unspecified atom stereocenters. The molecule has 0 atom stereocenters. The van der Waals surface area contributed by atoms with E-state index in [2.05, 4.69) is 15.7 Å². The van der Waals surface area contributed by atoms with Gasteiger partial charge >= 0.3 is 0 Å². The van der Waals surface area contributed by atoms with Gasteiger partial charge in [0.2, 0.25) is 0 Å². The van der Waals surface area contributed by atoms with E-state index in [1.807, 2.05) is 18.3 Å². The van der Waals surface area contributed by atoms with Crippen LogP contribution in [0.4, 0.5) is 11.5 Å². The molecule has 1 aliphatic rings. The van der Waals surface area contributed by atoms with Crippen molar-refractivity contribution in [3.05, 3.63) is 18.3 Å². The third kappa shape index (κ3) is 3.10. The van der Waals surface area contributed by atoms with Gasteiger partial charge in [0.1, 0.15) is 5.82 Å². The Bertz CT molecular complexity index is 301. The van der Waals surface area contributed by atoms with Gasteiger partial charge in [-0.1, -0.05) is 25.7 Å². The monoisotopic (exact) mass is 220 g/mol. The highest BCUT2D eigenvalue weighted by Crippen LogP contribution is 2.21. The van der Waals surface area contributed by atoms with Crippen LogP contribution in [0.25, 0.3) is 0 Å². The fourth-order valence-corrected chi connectivity index (χ4v) is 2.22. The van der Waals surface area contributed by atoms with Crippen molar-refractivity contribution < 1.29 is 0 Å². The van der Waals surface area contributed by atoms with Crippen LogP contribution in [-0.2, 0) is 0 Å². The molecule has 0 saturated heterocycles. The van der Waals surface area contributed by atoms with Gasteiger partial charge in [-0.25, -0.2) is 10.8 Å². The van der Waals surface area contributed by atoms with Crippen LogP contribution in [0.3, 0.4) is 0 Å². The molecular weight excluding hydrogens is 200 g/mol. The summed E-state index contributed by atoms with van der Waals surface area (Å²) in [5.74, 6) is 5.97. The Morgan fingerprint density at radius 1 is 1.12 bits per heavy atom. The summed E-state index contributed by atoms with van der Waals surface area (Å²) in [5, 5.41) is 3.54. The normalized spacial score (nSPS) is 17.8. The summed E-state index contributed by atoms with van der Waals surface area (Å²) in [5.41, 5.74) is 3.62. The number of aromatic nitrogens is 1. The highest BCUT2D eigenvalue weighted by Gasteiger charge is 2.11. The third-order valence-corrected chi connectivity index (χ3v) is 3.14. The highest BCUT2D eigenvalue weighted by atomic mass is 15.2. The minimum Gasteiger partial charge on any atom is -0.381 e. The van der Waals surface area contributed by atoms with Crippen LogP contribution >= 0.6 is 0 Å². The van der Waals surface area contributed by atoms with Gasteiger partial charge in [-0.15, -0.1) is 0 Å². The Morgan fingerprint density at radius 2 is 1.88 bits per heavy atom. The molecule has 0 bridgehead atoms. The van der Waals surface area contributed by atoms with Gasteiger partial charge in [-0.3, -0.25) is 0 Å². The van der Waals surface area contributed by atoms with Crippen molar-refractivity contribution >= 4 is 11.5 Å². The Hall–Kier alpha value is -1.29. The van der Waals surface area contributed by atoms with Crippen LogP contribution in [0.15, 0.2) is 18.3 Å². The molecule has 1 heterocycles. The molecule has 0 aliphatic heterocycles. The smallest absolute Gasteiger partial charge is 0.140 e. The first kappa shape index (κ1) is 11.2. The quantitative estimate of drug-likeness (QED) is 0.416. The van der Waals surface area contributed by atoms with Gasteiger partial charge in [-0.05, 0) is 25.0 Å². The fourth-order valence-electron chi connectivity index (χ4n) is 2.22. The van der Waals surface area contributed by atoms with Crippen LogP contribution in [-0.4, -0.2) is 11.0 Å². The van der Waals surface area contributed by atoms with Crippen LogP contribution in [0.2, 0.25) is 0 Å². The van der Waals surface area contributed by atoms with Crippen molar-refractivity contribution in [2.75, 3.05) is 10.7 Å². The van der Waals surface area contributed by atoms with Gasteiger partial charge in [0.15, 0.2) is 0 Å². The Kier molecular flexibility index (Phi) is 3.99. The fraction of sp³-hybridized carbons (Fsp3) is 0.583. The Morgan fingerprint density at radius 3 is 2.44 bits per heavy atom. The van der Waals surface area contributed by atoms with Crippen molar-refractivity contribution in [1.82, 2.24) is 4.98 Å². The zero-order valence-electron chi connectivity index (χ0n) is 9.58. The molecule has 0 radical (unpaired) electrons. The topological polar surface area (TPSA) is 63.0 Å². The maximum atomic E-state index is 5.27. The number of nitrogens with one attached hydrogen (secondary N) is 2. The second-order valence-electron chi connectivity index (χ2n) is 4.41. The first-order chi connectivity index (χ1) is 7.88. The van der Waals surface area contributed by atoms with E-state index in [1.165, 1.54) is 38.5 Å². The van der Waals surface area contributed by atoms with Crippen LogP contribution < -0.4 is 16.6 Å². The van der Waals surface area contributed by atoms with Crippen LogP contribution in [0, 0.1) is 0 Å². The number of nitrogens with zero attached hydrogens (tertiary/aromatic N) is 1. The minimum atomic E-state index is 0.612. The second kappa shape index (κ2) is 5.70. The number of anilines is 2. The van der Waals surface area contributed by atoms with Crippen LogP contribution in [0.5, 0.6) is 0 Å². The molecule has 1 aromatic heterocycles. The molecule has 0 aromatic carbocycles. The predicted molar refractivity (Wildman–Crippen MR) is 67.2 cm³/mol. The molecular formula is C12H20N4. The maximum Gasteiger partial charge on any atom is 0.140 e. The standard InChI is InChI=1S/C12H20N4/c13-16-12-8-7-11(9-14-12)15-10-5-3-1-2-4-6-10/h7-10,15H,1-6,13H2,(H,14,16). The number of hydrogen-bond acceptors (Lipinski definition) is 4. The lowest BCUT2D eigenvalue weighted by Crippen LogP contribution is -2.18. The zero-order chi connectivity index (χ0) is 11.2. The van der Waals surface area contributed by atoms with Crippen molar-refractivity contribution in [3.8, 4) is 0 Å². The Balaban J connectivity index is 1.91. The van der Waals surface area contributed by atoms with Crippen molar-refractivity contribution in [1.29, 1.82) is 0 Å². The van der Waals surface area contributed by atoms with Gasteiger partial charge in [-0.2, -0.15) is 0 Å². The Labute approximate surface area is 96.6 Å². The average molecular weight is 220 g/mol. The molecule has 1 fully saturated rings. The number of nitrogen functional groups attached to an aromatic ring is 1. The van der Waals surface area contributed by atoms with Crippen LogP contribution in [0.1, 0.15) is 38.5 Å². The summed E-state index contributed by atoms with van der Waals surface area (Å²) in [7, 11) is 0. The first-order valence-electron chi connectivity index (χ1n) is 6.08. The molecule has 0 amide bonds. The summed E-state index contributed by atoms with van der Waals surface area (Å²) < 4.78 is 0. The minimum absolute atomic E-state index is 0.612. The number of hydrogen-bond donors (Lipinski definition) is 3. The number of rotatable bonds is 3. The van der Waals surface area contributed by atoms with E-state index < -0.39 is 0 Å². The van der Waals surface area contributed by atoms with E-state index in [0.29, 0.717) is 11.9 Å². The molecule has 1 aromatic rings. The highest BCUT2D eigenvalue weighted by molar-refractivity contribution is 5.47.